The molecule has 7 heteroatoms. The van der Waals surface area contributed by atoms with Gasteiger partial charge in [0.15, 0.2) is 11.6 Å². The molecular weight excluding hydrogens is 325 g/mol. The third-order valence-corrected chi connectivity index (χ3v) is 4.44. The Morgan fingerprint density at radius 2 is 2.20 bits per heavy atom. The molecule has 25 heavy (non-hydrogen) atoms. The van der Waals surface area contributed by atoms with E-state index in [1.807, 2.05) is 17.8 Å². The summed E-state index contributed by atoms with van der Waals surface area (Å²) >= 11 is 0. The van der Waals surface area contributed by atoms with Gasteiger partial charge in [-0.15, -0.1) is 0 Å². The highest BCUT2D eigenvalue weighted by atomic mass is 19.1. The monoisotopic (exact) mass is 347 g/mol. The Labute approximate surface area is 146 Å². The molecule has 0 saturated heterocycles. The minimum atomic E-state index is -0.543. The number of nitrogens with zero attached hydrogens (tertiary/aromatic N) is 3. The van der Waals surface area contributed by atoms with Crippen molar-refractivity contribution in [1.82, 2.24) is 14.7 Å². The van der Waals surface area contributed by atoms with E-state index in [4.69, 9.17) is 9.47 Å². The van der Waals surface area contributed by atoms with E-state index in [2.05, 4.69) is 5.10 Å². The van der Waals surface area contributed by atoms with Gasteiger partial charge in [0, 0.05) is 50.0 Å². The van der Waals surface area contributed by atoms with Crippen LogP contribution in [0.15, 0.2) is 24.4 Å². The number of aryl methyl sites for hydroxylation is 1. The van der Waals surface area contributed by atoms with Crippen molar-refractivity contribution in [3.05, 3.63) is 47.0 Å². The molecule has 0 spiro atoms. The van der Waals surface area contributed by atoms with E-state index in [-0.39, 0.29) is 17.6 Å². The third kappa shape index (κ3) is 3.37. The Bertz CT molecular complexity index is 775. The molecule has 1 aliphatic rings. The summed E-state index contributed by atoms with van der Waals surface area (Å²) in [6.07, 6.45) is 1.96. The van der Waals surface area contributed by atoms with E-state index in [1.54, 1.807) is 18.1 Å². The Morgan fingerprint density at radius 3 is 2.84 bits per heavy atom. The largest absolute Gasteiger partial charge is 0.494 e. The summed E-state index contributed by atoms with van der Waals surface area (Å²) in [6.45, 7) is 4.22. The van der Waals surface area contributed by atoms with Gasteiger partial charge >= 0.3 is 0 Å². The van der Waals surface area contributed by atoms with E-state index < -0.39 is 5.82 Å². The maximum Gasteiger partial charge on any atom is 0.254 e. The molecule has 0 bridgehead atoms. The Balaban J connectivity index is 1.87. The summed E-state index contributed by atoms with van der Waals surface area (Å²) in [5, 5.41) is 4.59. The highest BCUT2D eigenvalue weighted by molar-refractivity contribution is 5.94. The van der Waals surface area contributed by atoms with Gasteiger partial charge in [0.05, 0.1) is 19.4 Å². The van der Waals surface area contributed by atoms with Crippen molar-refractivity contribution in [2.45, 2.75) is 25.9 Å². The maximum atomic E-state index is 13.9. The predicted octanol–water partition coefficient (Wildman–Crippen LogP) is 2.44. The van der Waals surface area contributed by atoms with Crippen LogP contribution in [0.2, 0.25) is 0 Å². The predicted molar refractivity (Wildman–Crippen MR) is 90.2 cm³/mol. The molecule has 2 aromatic rings. The number of fused-ring (bicyclic) bond motifs is 1. The first kappa shape index (κ1) is 17.4. The van der Waals surface area contributed by atoms with Crippen molar-refractivity contribution in [2.75, 3.05) is 27.4 Å². The molecule has 0 N–H and O–H groups in total. The topological polar surface area (TPSA) is 56.6 Å². The number of aromatic nitrogens is 2. The number of benzene rings is 1. The van der Waals surface area contributed by atoms with Crippen LogP contribution in [-0.4, -0.2) is 48.0 Å². The van der Waals surface area contributed by atoms with Crippen LogP contribution in [0, 0.1) is 5.82 Å². The van der Waals surface area contributed by atoms with Crippen LogP contribution in [0.3, 0.4) is 0 Å². The highest BCUT2D eigenvalue weighted by Crippen LogP contribution is 2.29. The van der Waals surface area contributed by atoms with Gasteiger partial charge in [-0.1, -0.05) is 0 Å². The molecule has 1 aromatic heterocycles. The van der Waals surface area contributed by atoms with E-state index >= 15 is 0 Å². The number of ether oxygens (including phenoxy) is 2. The van der Waals surface area contributed by atoms with E-state index in [0.29, 0.717) is 25.3 Å². The van der Waals surface area contributed by atoms with Crippen LogP contribution in [0.4, 0.5) is 4.39 Å². The van der Waals surface area contributed by atoms with Crippen LogP contribution in [-0.2, 0) is 17.8 Å². The third-order valence-electron chi connectivity index (χ3n) is 4.44. The van der Waals surface area contributed by atoms with Crippen LogP contribution >= 0.6 is 0 Å². The number of carbonyl (C=O) groups excluding carboxylic acids is 1. The van der Waals surface area contributed by atoms with E-state index in [1.165, 1.54) is 19.2 Å². The van der Waals surface area contributed by atoms with Gasteiger partial charge in [-0.3, -0.25) is 9.48 Å². The molecule has 6 nitrogen and oxygen atoms in total. The van der Waals surface area contributed by atoms with Gasteiger partial charge in [-0.25, -0.2) is 4.39 Å². The Kier molecular flexibility index (Phi) is 5.03. The van der Waals surface area contributed by atoms with Crippen molar-refractivity contribution in [3.63, 3.8) is 0 Å². The first-order valence-electron chi connectivity index (χ1n) is 8.25. The van der Waals surface area contributed by atoms with Crippen LogP contribution < -0.4 is 4.74 Å². The van der Waals surface area contributed by atoms with Crippen LogP contribution in [0.1, 0.15) is 34.5 Å². The van der Waals surface area contributed by atoms with Crippen molar-refractivity contribution in [2.24, 2.45) is 0 Å². The van der Waals surface area contributed by atoms with Gasteiger partial charge in [-0.05, 0) is 25.1 Å². The minimum absolute atomic E-state index is 0.00796. The molecule has 0 unspecified atom stereocenters. The molecule has 0 aliphatic carbocycles. The summed E-state index contributed by atoms with van der Waals surface area (Å²) in [5.41, 5.74) is 2.30. The number of rotatable bonds is 5. The first-order valence-corrected chi connectivity index (χ1v) is 8.25. The SMILES string of the molecule is CCn1cc2c(n1)[C@@H](COC)CN(C(=O)c1ccc(OC)c(F)c1)C2. The molecule has 0 fully saturated rings. The fourth-order valence-corrected chi connectivity index (χ4v) is 3.20. The van der Waals surface area contributed by atoms with Crippen molar-refractivity contribution in [1.29, 1.82) is 0 Å². The summed E-state index contributed by atoms with van der Waals surface area (Å²) < 4.78 is 26.0. The lowest BCUT2D eigenvalue weighted by molar-refractivity contribution is 0.0678. The van der Waals surface area contributed by atoms with Crippen molar-refractivity contribution < 1.29 is 18.7 Å². The highest BCUT2D eigenvalue weighted by Gasteiger charge is 2.31. The zero-order valence-electron chi connectivity index (χ0n) is 14.7. The van der Waals surface area contributed by atoms with Crippen LogP contribution in [0.5, 0.6) is 5.75 Å². The molecule has 0 radical (unpaired) electrons. The van der Waals surface area contributed by atoms with Gasteiger partial charge in [0.1, 0.15) is 0 Å². The standard InChI is InChI=1S/C18H22FN3O3/c1-4-22-10-13-8-21(9-14(11-24-2)17(13)20-22)18(23)12-5-6-16(25-3)15(19)7-12/h5-7,10,14H,4,8-9,11H2,1-3H3/t14-/m1/s1. The van der Waals surface area contributed by atoms with Gasteiger partial charge < -0.3 is 14.4 Å². The number of hydrogen-bond acceptors (Lipinski definition) is 4. The molecule has 1 amide bonds. The first-order chi connectivity index (χ1) is 12.1. The Morgan fingerprint density at radius 1 is 1.40 bits per heavy atom. The molecule has 134 valence electrons. The zero-order valence-corrected chi connectivity index (χ0v) is 14.7. The summed E-state index contributed by atoms with van der Waals surface area (Å²) in [6, 6.07) is 4.28. The molecule has 0 saturated carbocycles. The fourth-order valence-electron chi connectivity index (χ4n) is 3.20. The fraction of sp³-hybridized carbons (Fsp3) is 0.444. The summed E-state index contributed by atoms with van der Waals surface area (Å²) in [7, 11) is 3.03. The lowest BCUT2D eigenvalue weighted by atomic mass is 9.96. The van der Waals surface area contributed by atoms with Gasteiger partial charge in [-0.2, -0.15) is 5.10 Å². The molecule has 1 aliphatic heterocycles. The van der Waals surface area contributed by atoms with Crippen molar-refractivity contribution >= 4 is 5.91 Å². The molecule has 1 aromatic carbocycles. The number of carbonyl (C=O) groups is 1. The number of amides is 1. The average Bonchev–Trinajstić information content (AvgIpc) is 3.04. The summed E-state index contributed by atoms with van der Waals surface area (Å²) in [4.78, 5) is 14.6. The normalized spacial score (nSPS) is 16.6. The van der Waals surface area contributed by atoms with E-state index in [0.717, 1.165) is 17.8 Å². The second-order valence-electron chi connectivity index (χ2n) is 6.08. The van der Waals surface area contributed by atoms with Gasteiger partial charge in [0.2, 0.25) is 0 Å². The van der Waals surface area contributed by atoms with Crippen molar-refractivity contribution in [3.8, 4) is 5.75 Å². The quantitative estimate of drug-likeness (QED) is 0.834. The molecule has 2 heterocycles. The minimum Gasteiger partial charge on any atom is -0.494 e. The second kappa shape index (κ2) is 7.23. The molecule has 1 atom stereocenters. The number of halogens is 1. The maximum absolute atomic E-state index is 13.9. The smallest absolute Gasteiger partial charge is 0.254 e. The zero-order chi connectivity index (χ0) is 18.0. The Hall–Kier alpha value is -2.41. The molecular formula is C18H22FN3O3. The second-order valence-corrected chi connectivity index (χ2v) is 6.08. The number of methoxy groups -OCH3 is 2. The lowest BCUT2D eigenvalue weighted by Gasteiger charge is -2.31. The molecule has 3 rings (SSSR count). The lowest BCUT2D eigenvalue weighted by Crippen LogP contribution is -2.39. The van der Waals surface area contributed by atoms with Crippen LogP contribution in [0.25, 0.3) is 0 Å². The summed E-state index contributed by atoms with van der Waals surface area (Å²) in [5.74, 6) is -0.622. The number of hydrogen-bond donors (Lipinski definition) is 0. The average molecular weight is 347 g/mol. The van der Waals surface area contributed by atoms with E-state index in [9.17, 15) is 9.18 Å². The van der Waals surface area contributed by atoms with Gasteiger partial charge in [0.25, 0.3) is 5.91 Å².